The monoisotopic (exact) mass is 366 g/mol. The van der Waals surface area contributed by atoms with Crippen LogP contribution in [0.3, 0.4) is 0 Å². The average molecular weight is 366 g/mol. The molecule has 0 bridgehead atoms. The smallest absolute Gasteiger partial charge is 0.252 e. The van der Waals surface area contributed by atoms with Gasteiger partial charge in [-0.25, -0.2) is 18.4 Å². The molecule has 0 spiro atoms. The fourth-order valence-electron chi connectivity index (χ4n) is 2.93. The fraction of sp³-hybridized carbons (Fsp3) is 0.467. The van der Waals surface area contributed by atoms with Gasteiger partial charge in [-0.2, -0.15) is 4.31 Å². The van der Waals surface area contributed by atoms with Gasteiger partial charge < -0.3 is 9.64 Å². The Morgan fingerprint density at radius 1 is 1.21 bits per heavy atom. The van der Waals surface area contributed by atoms with E-state index in [1.54, 1.807) is 17.5 Å². The number of ether oxygens (including phenoxy) is 1. The van der Waals surface area contributed by atoms with Crippen LogP contribution in [-0.2, 0) is 27.7 Å². The van der Waals surface area contributed by atoms with Crippen LogP contribution in [0.1, 0.15) is 11.3 Å². The predicted octanol–water partition coefficient (Wildman–Crippen LogP) is 1.12. The summed E-state index contributed by atoms with van der Waals surface area (Å²) in [6, 6.07) is 3.41. The van der Waals surface area contributed by atoms with E-state index >= 15 is 0 Å². The quantitative estimate of drug-likeness (QED) is 0.810. The highest BCUT2D eigenvalue weighted by molar-refractivity contribution is 7.91. The molecule has 0 unspecified atom stereocenters. The van der Waals surface area contributed by atoms with Gasteiger partial charge >= 0.3 is 0 Å². The molecule has 0 aliphatic carbocycles. The average Bonchev–Trinajstić information content (AvgIpc) is 3.17. The van der Waals surface area contributed by atoms with Crippen molar-refractivity contribution >= 4 is 27.3 Å². The fourth-order valence-corrected chi connectivity index (χ4v) is 5.47. The SMILES string of the molecule is O=S(=O)(c1cccs1)N1CCc2cnc(N3CCOCC3)nc2C1. The molecule has 9 heteroatoms. The summed E-state index contributed by atoms with van der Waals surface area (Å²) in [5.74, 6) is 0.660. The van der Waals surface area contributed by atoms with Crippen LogP contribution >= 0.6 is 11.3 Å². The number of morpholine rings is 1. The largest absolute Gasteiger partial charge is 0.378 e. The molecule has 2 aliphatic heterocycles. The van der Waals surface area contributed by atoms with E-state index in [9.17, 15) is 8.42 Å². The second-order valence-electron chi connectivity index (χ2n) is 5.76. The first-order valence-corrected chi connectivity index (χ1v) is 10.2. The summed E-state index contributed by atoms with van der Waals surface area (Å²) in [5, 5.41) is 1.78. The molecule has 0 N–H and O–H groups in total. The van der Waals surface area contributed by atoms with Crippen LogP contribution in [0.25, 0.3) is 0 Å². The summed E-state index contributed by atoms with van der Waals surface area (Å²) < 4.78 is 32.7. The Hall–Kier alpha value is -1.55. The van der Waals surface area contributed by atoms with Gasteiger partial charge in [-0.3, -0.25) is 0 Å². The van der Waals surface area contributed by atoms with Crippen molar-refractivity contribution in [3.05, 3.63) is 35.0 Å². The van der Waals surface area contributed by atoms with Gasteiger partial charge in [-0.1, -0.05) is 6.07 Å². The van der Waals surface area contributed by atoms with Crippen molar-refractivity contribution < 1.29 is 13.2 Å². The van der Waals surface area contributed by atoms with Gasteiger partial charge in [0.05, 0.1) is 25.5 Å². The normalized spacial score (nSPS) is 19.2. The van der Waals surface area contributed by atoms with Gasteiger partial charge in [0, 0.05) is 25.8 Å². The summed E-state index contributed by atoms with van der Waals surface area (Å²) in [6.45, 7) is 3.62. The van der Waals surface area contributed by atoms with Crippen LogP contribution in [0.4, 0.5) is 5.95 Å². The molecule has 0 aromatic carbocycles. The zero-order valence-electron chi connectivity index (χ0n) is 13.1. The number of hydrogen-bond donors (Lipinski definition) is 0. The number of fused-ring (bicyclic) bond motifs is 1. The minimum atomic E-state index is -3.44. The lowest BCUT2D eigenvalue weighted by molar-refractivity contribution is 0.122. The highest BCUT2D eigenvalue weighted by atomic mass is 32.2. The Bertz CT molecular complexity index is 817. The summed E-state index contributed by atoms with van der Waals surface area (Å²) in [5.41, 5.74) is 1.84. The highest BCUT2D eigenvalue weighted by Gasteiger charge is 2.30. The van der Waals surface area contributed by atoms with E-state index in [0.29, 0.717) is 42.9 Å². The standard InChI is InChI=1S/C15H18N4O3S2/c20-24(21,14-2-1-9-23-14)19-4-3-12-10-16-15(17-13(12)11-19)18-5-7-22-8-6-18/h1-2,9-10H,3-8,11H2. The number of thiophene rings is 1. The van der Waals surface area contributed by atoms with Crippen molar-refractivity contribution in [2.24, 2.45) is 0 Å². The van der Waals surface area contributed by atoms with Crippen LogP contribution in [0.15, 0.2) is 27.9 Å². The molecule has 7 nitrogen and oxygen atoms in total. The number of aromatic nitrogens is 2. The third kappa shape index (κ3) is 2.92. The molecule has 4 rings (SSSR count). The summed E-state index contributed by atoms with van der Waals surface area (Å²) >= 11 is 1.25. The summed E-state index contributed by atoms with van der Waals surface area (Å²) in [6.07, 6.45) is 2.48. The molecular weight excluding hydrogens is 348 g/mol. The minimum Gasteiger partial charge on any atom is -0.378 e. The third-order valence-corrected chi connectivity index (χ3v) is 7.50. The van der Waals surface area contributed by atoms with E-state index in [1.165, 1.54) is 15.6 Å². The van der Waals surface area contributed by atoms with Crippen LogP contribution in [0, 0.1) is 0 Å². The van der Waals surface area contributed by atoms with Crippen molar-refractivity contribution in [1.29, 1.82) is 0 Å². The number of rotatable bonds is 3. The zero-order valence-corrected chi connectivity index (χ0v) is 14.7. The van der Waals surface area contributed by atoms with Crippen molar-refractivity contribution in [2.45, 2.75) is 17.2 Å². The summed E-state index contributed by atoms with van der Waals surface area (Å²) in [4.78, 5) is 11.2. The zero-order chi connectivity index (χ0) is 16.6. The first kappa shape index (κ1) is 15.9. The van der Waals surface area contributed by atoms with Crippen LogP contribution in [0.5, 0.6) is 0 Å². The van der Waals surface area contributed by atoms with Crippen molar-refractivity contribution in [3.63, 3.8) is 0 Å². The first-order valence-electron chi connectivity index (χ1n) is 7.86. The number of sulfonamides is 1. The van der Waals surface area contributed by atoms with Gasteiger partial charge in [0.1, 0.15) is 4.21 Å². The van der Waals surface area contributed by atoms with E-state index in [2.05, 4.69) is 14.9 Å². The topological polar surface area (TPSA) is 75.6 Å². The Kier molecular flexibility index (Phi) is 4.25. The van der Waals surface area contributed by atoms with Crippen LogP contribution < -0.4 is 4.90 Å². The van der Waals surface area contributed by atoms with Crippen molar-refractivity contribution in [2.75, 3.05) is 37.7 Å². The van der Waals surface area contributed by atoms with Crippen LogP contribution in [-0.4, -0.2) is 55.5 Å². The molecule has 1 fully saturated rings. The van der Waals surface area contributed by atoms with E-state index in [-0.39, 0.29) is 0 Å². The third-order valence-electron chi connectivity index (χ3n) is 4.28. The second kappa shape index (κ2) is 6.40. The minimum absolute atomic E-state index is 0.301. The molecule has 0 amide bonds. The maximum absolute atomic E-state index is 12.7. The van der Waals surface area contributed by atoms with Gasteiger partial charge in [0.25, 0.3) is 10.0 Å². The molecule has 0 saturated carbocycles. The van der Waals surface area contributed by atoms with Gasteiger partial charge in [0.2, 0.25) is 5.95 Å². The van der Waals surface area contributed by atoms with E-state index in [0.717, 1.165) is 24.3 Å². The molecule has 2 aromatic heterocycles. The van der Waals surface area contributed by atoms with Gasteiger partial charge in [0.15, 0.2) is 0 Å². The van der Waals surface area contributed by atoms with E-state index in [1.807, 2.05) is 6.20 Å². The number of anilines is 1. The number of hydrogen-bond acceptors (Lipinski definition) is 7. The van der Waals surface area contributed by atoms with Crippen LogP contribution in [0.2, 0.25) is 0 Å². The maximum Gasteiger partial charge on any atom is 0.252 e. The Labute approximate surface area is 145 Å². The molecule has 2 aliphatic rings. The first-order chi connectivity index (χ1) is 11.6. The lowest BCUT2D eigenvalue weighted by atomic mass is 10.1. The molecule has 1 saturated heterocycles. The highest BCUT2D eigenvalue weighted by Crippen LogP contribution is 2.27. The molecular formula is C15H18N4O3S2. The van der Waals surface area contributed by atoms with Gasteiger partial charge in [-0.05, 0) is 23.4 Å². The molecule has 0 atom stereocenters. The second-order valence-corrected chi connectivity index (χ2v) is 8.87. The molecule has 24 heavy (non-hydrogen) atoms. The lowest BCUT2D eigenvalue weighted by Crippen LogP contribution is -2.39. The Morgan fingerprint density at radius 3 is 2.79 bits per heavy atom. The van der Waals surface area contributed by atoms with Crippen molar-refractivity contribution in [3.8, 4) is 0 Å². The van der Waals surface area contributed by atoms with Crippen molar-refractivity contribution in [1.82, 2.24) is 14.3 Å². The molecule has 128 valence electrons. The molecule has 2 aromatic rings. The molecule has 4 heterocycles. The Balaban J connectivity index is 1.59. The predicted molar refractivity (Wildman–Crippen MR) is 90.7 cm³/mol. The maximum atomic E-state index is 12.7. The Morgan fingerprint density at radius 2 is 2.04 bits per heavy atom. The number of nitrogens with zero attached hydrogens (tertiary/aromatic N) is 4. The summed E-state index contributed by atoms with van der Waals surface area (Å²) in [7, 11) is -3.44. The lowest BCUT2D eigenvalue weighted by Gasteiger charge is -2.30. The van der Waals surface area contributed by atoms with E-state index < -0.39 is 10.0 Å². The van der Waals surface area contributed by atoms with E-state index in [4.69, 9.17) is 4.74 Å². The molecule has 0 radical (unpaired) electrons. The van der Waals surface area contributed by atoms with Gasteiger partial charge in [-0.15, -0.1) is 11.3 Å².